The first-order chi connectivity index (χ1) is 11.5. The van der Waals surface area contributed by atoms with Crippen LogP contribution in [0.4, 0.5) is 17.3 Å². The summed E-state index contributed by atoms with van der Waals surface area (Å²) in [7, 11) is 0. The van der Waals surface area contributed by atoms with Crippen molar-refractivity contribution in [1.29, 1.82) is 0 Å². The van der Waals surface area contributed by atoms with Crippen LogP contribution < -0.4 is 10.2 Å². The maximum absolute atomic E-state index is 10.8. The molecule has 1 saturated heterocycles. The first kappa shape index (κ1) is 16.2. The number of rotatable bonds is 4. The zero-order valence-electron chi connectivity index (χ0n) is 14.4. The minimum Gasteiger partial charge on any atom is -0.353 e. The van der Waals surface area contributed by atoms with E-state index in [2.05, 4.69) is 52.2 Å². The van der Waals surface area contributed by atoms with Crippen LogP contribution in [0.15, 0.2) is 24.3 Å². The van der Waals surface area contributed by atoms with Crippen molar-refractivity contribution in [3.05, 3.63) is 41.2 Å². The minimum atomic E-state index is 0.729. The van der Waals surface area contributed by atoms with Crippen LogP contribution in [0.5, 0.6) is 0 Å². The Labute approximate surface area is 142 Å². The molecule has 0 saturated carbocycles. The molecule has 126 valence electrons. The van der Waals surface area contributed by atoms with Crippen LogP contribution in [0.3, 0.4) is 0 Å². The Morgan fingerprint density at radius 3 is 2.46 bits per heavy atom. The van der Waals surface area contributed by atoms with Gasteiger partial charge in [0.25, 0.3) is 0 Å². The molecule has 1 aliphatic heterocycles. The molecule has 0 unspecified atom stereocenters. The molecule has 0 aliphatic carbocycles. The molecular weight excluding hydrogens is 302 g/mol. The molecule has 1 aliphatic rings. The van der Waals surface area contributed by atoms with Crippen molar-refractivity contribution in [2.24, 2.45) is 0 Å². The molecule has 2 aromatic rings. The van der Waals surface area contributed by atoms with E-state index >= 15 is 0 Å². The van der Waals surface area contributed by atoms with Crippen LogP contribution in [0, 0.1) is 20.8 Å². The third-order valence-electron chi connectivity index (χ3n) is 4.26. The standard InChI is InChI=1S/C18H23N5O/c1-13-4-5-16(14(2)10-13)21-17-11-18(20-15(3)19-17)23-8-6-22(12-24)7-9-23/h4-5,10-12H,6-9H2,1-3H3,(H,19,20,21). The van der Waals surface area contributed by atoms with Gasteiger partial charge in [0, 0.05) is 37.9 Å². The second-order valence-corrected chi connectivity index (χ2v) is 6.23. The number of aromatic nitrogens is 2. The second-order valence-electron chi connectivity index (χ2n) is 6.23. The fourth-order valence-corrected chi connectivity index (χ4v) is 2.93. The largest absolute Gasteiger partial charge is 0.353 e. The molecule has 6 nitrogen and oxygen atoms in total. The summed E-state index contributed by atoms with van der Waals surface area (Å²) in [5, 5.41) is 3.40. The number of piperazine rings is 1. The van der Waals surface area contributed by atoms with E-state index in [9.17, 15) is 4.79 Å². The van der Waals surface area contributed by atoms with E-state index in [1.807, 2.05) is 13.0 Å². The van der Waals surface area contributed by atoms with Gasteiger partial charge in [0.1, 0.15) is 17.5 Å². The van der Waals surface area contributed by atoms with Crippen molar-refractivity contribution < 1.29 is 4.79 Å². The van der Waals surface area contributed by atoms with E-state index in [4.69, 9.17) is 0 Å². The summed E-state index contributed by atoms with van der Waals surface area (Å²) >= 11 is 0. The zero-order valence-corrected chi connectivity index (χ0v) is 14.4. The SMILES string of the molecule is Cc1ccc(Nc2cc(N3CCN(C=O)CC3)nc(C)n2)c(C)c1. The Morgan fingerprint density at radius 1 is 1.04 bits per heavy atom. The van der Waals surface area contributed by atoms with Crippen LogP contribution >= 0.6 is 0 Å². The Hall–Kier alpha value is -2.63. The van der Waals surface area contributed by atoms with Gasteiger partial charge < -0.3 is 15.1 Å². The van der Waals surface area contributed by atoms with Crippen molar-refractivity contribution in [2.75, 3.05) is 36.4 Å². The van der Waals surface area contributed by atoms with Crippen molar-refractivity contribution >= 4 is 23.7 Å². The smallest absolute Gasteiger partial charge is 0.209 e. The highest BCUT2D eigenvalue weighted by molar-refractivity contribution is 5.63. The normalized spacial score (nSPS) is 14.6. The lowest BCUT2D eigenvalue weighted by Crippen LogP contribution is -2.46. The summed E-state index contributed by atoms with van der Waals surface area (Å²) in [4.78, 5) is 23.9. The first-order valence-electron chi connectivity index (χ1n) is 8.19. The molecule has 3 rings (SSSR count). The highest BCUT2D eigenvalue weighted by atomic mass is 16.1. The fraction of sp³-hybridized carbons (Fsp3) is 0.389. The third-order valence-corrected chi connectivity index (χ3v) is 4.26. The van der Waals surface area contributed by atoms with E-state index in [1.165, 1.54) is 11.1 Å². The molecule has 0 bridgehead atoms. The lowest BCUT2D eigenvalue weighted by Gasteiger charge is -2.33. The molecule has 1 aromatic heterocycles. The maximum Gasteiger partial charge on any atom is 0.209 e. The van der Waals surface area contributed by atoms with Crippen molar-refractivity contribution in [1.82, 2.24) is 14.9 Å². The molecule has 0 radical (unpaired) electrons. The number of nitrogens with one attached hydrogen (secondary N) is 1. The quantitative estimate of drug-likeness (QED) is 0.875. The zero-order chi connectivity index (χ0) is 17.1. The fourth-order valence-electron chi connectivity index (χ4n) is 2.93. The van der Waals surface area contributed by atoms with Crippen LogP contribution in [0.2, 0.25) is 0 Å². The number of carbonyl (C=O) groups excluding carboxylic acids is 1. The van der Waals surface area contributed by atoms with Crippen LogP contribution in [0.25, 0.3) is 0 Å². The predicted molar refractivity (Wildman–Crippen MR) is 95.8 cm³/mol. The monoisotopic (exact) mass is 325 g/mol. The Balaban J connectivity index is 1.80. The Bertz CT molecular complexity index is 738. The van der Waals surface area contributed by atoms with Crippen LogP contribution in [0.1, 0.15) is 17.0 Å². The summed E-state index contributed by atoms with van der Waals surface area (Å²) < 4.78 is 0. The van der Waals surface area contributed by atoms with E-state index in [0.29, 0.717) is 0 Å². The molecule has 1 amide bonds. The van der Waals surface area contributed by atoms with Gasteiger partial charge in [-0.25, -0.2) is 9.97 Å². The first-order valence-corrected chi connectivity index (χ1v) is 8.19. The third kappa shape index (κ3) is 3.64. The van der Waals surface area contributed by atoms with Gasteiger partial charge in [-0.2, -0.15) is 0 Å². The highest BCUT2D eigenvalue weighted by Crippen LogP contribution is 2.23. The molecule has 1 N–H and O–H groups in total. The number of aryl methyl sites for hydroxylation is 3. The van der Waals surface area contributed by atoms with E-state index < -0.39 is 0 Å². The van der Waals surface area contributed by atoms with E-state index in [1.54, 1.807) is 4.90 Å². The predicted octanol–water partition coefficient (Wildman–Crippen LogP) is 2.42. The van der Waals surface area contributed by atoms with Gasteiger partial charge in [-0.15, -0.1) is 0 Å². The number of anilines is 3. The molecule has 24 heavy (non-hydrogen) atoms. The highest BCUT2D eigenvalue weighted by Gasteiger charge is 2.18. The van der Waals surface area contributed by atoms with Crippen LogP contribution in [-0.2, 0) is 4.79 Å². The lowest BCUT2D eigenvalue weighted by molar-refractivity contribution is -0.118. The molecule has 1 fully saturated rings. The van der Waals surface area contributed by atoms with Gasteiger partial charge in [-0.3, -0.25) is 4.79 Å². The molecule has 0 spiro atoms. The summed E-state index contributed by atoms with van der Waals surface area (Å²) in [6.07, 6.45) is 0.912. The van der Waals surface area contributed by atoms with Crippen LogP contribution in [-0.4, -0.2) is 47.5 Å². The Kier molecular flexibility index (Phi) is 4.64. The van der Waals surface area contributed by atoms with E-state index in [-0.39, 0.29) is 0 Å². The van der Waals surface area contributed by atoms with Crippen molar-refractivity contribution in [3.8, 4) is 0 Å². The van der Waals surface area contributed by atoms with Gasteiger partial charge in [0.15, 0.2) is 0 Å². The number of amides is 1. The topological polar surface area (TPSA) is 61.4 Å². The number of hydrogen-bond acceptors (Lipinski definition) is 5. The van der Waals surface area contributed by atoms with E-state index in [0.717, 1.165) is 55.7 Å². The molecule has 0 atom stereocenters. The Morgan fingerprint density at radius 2 is 1.79 bits per heavy atom. The molecule has 1 aromatic carbocycles. The molecule has 6 heteroatoms. The van der Waals surface area contributed by atoms with Gasteiger partial charge in [-0.05, 0) is 32.4 Å². The summed E-state index contributed by atoms with van der Waals surface area (Å²) in [6.45, 7) is 9.11. The summed E-state index contributed by atoms with van der Waals surface area (Å²) in [6, 6.07) is 8.28. The van der Waals surface area contributed by atoms with Gasteiger partial charge in [0.05, 0.1) is 0 Å². The number of nitrogens with zero attached hydrogens (tertiary/aromatic N) is 4. The number of carbonyl (C=O) groups is 1. The molecular formula is C18H23N5O. The summed E-state index contributed by atoms with van der Waals surface area (Å²) in [5.41, 5.74) is 3.48. The lowest BCUT2D eigenvalue weighted by atomic mass is 10.1. The van der Waals surface area contributed by atoms with Gasteiger partial charge in [0.2, 0.25) is 6.41 Å². The number of hydrogen-bond donors (Lipinski definition) is 1. The molecule has 2 heterocycles. The minimum absolute atomic E-state index is 0.729. The van der Waals surface area contributed by atoms with Gasteiger partial charge >= 0.3 is 0 Å². The van der Waals surface area contributed by atoms with Crippen molar-refractivity contribution in [3.63, 3.8) is 0 Å². The van der Waals surface area contributed by atoms with Crippen molar-refractivity contribution in [2.45, 2.75) is 20.8 Å². The second kappa shape index (κ2) is 6.86. The summed E-state index contributed by atoms with van der Waals surface area (Å²) in [5.74, 6) is 2.43. The average Bonchev–Trinajstić information content (AvgIpc) is 2.57. The number of benzene rings is 1. The van der Waals surface area contributed by atoms with Gasteiger partial charge in [-0.1, -0.05) is 17.7 Å². The average molecular weight is 325 g/mol. The maximum atomic E-state index is 10.8.